The van der Waals surface area contributed by atoms with Crippen molar-refractivity contribution in [3.8, 4) is 11.4 Å². The van der Waals surface area contributed by atoms with Gasteiger partial charge in [0.15, 0.2) is 0 Å². The summed E-state index contributed by atoms with van der Waals surface area (Å²) in [5.41, 5.74) is 8.54. The van der Waals surface area contributed by atoms with E-state index in [-0.39, 0.29) is 0 Å². The van der Waals surface area contributed by atoms with Gasteiger partial charge in [-0.2, -0.15) is 0 Å². The molecule has 6 heteroatoms. The average molecular weight is 230 g/mol. The second-order valence-electron chi connectivity index (χ2n) is 4.46. The van der Waals surface area contributed by atoms with Crippen molar-refractivity contribution in [1.82, 2.24) is 25.0 Å². The van der Waals surface area contributed by atoms with Gasteiger partial charge in [-0.3, -0.25) is 0 Å². The van der Waals surface area contributed by atoms with Crippen LogP contribution in [0.5, 0.6) is 0 Å². The highest BCUT2D eigenvalue weighted by Gasteiger charge is 2.28. The number of nitrogens with two attached hydrogens (primary N) is 1. The molecule has 2 aromatic rings. The molecule has 2 aromatic heterocycles. The lowest BCUT2D eigenvalue weighted by atomic mass is 10.2. The van der Waals surface area contributed by atoms with E-state index in [0.29, 0.717) is 11.7 Å². The number of nitrogens with zero attached hydrogens (tertiary/aromatic N) is 5. The SMILES string of the molecule is Cc1c(N)nc(C2CC2)nc1-c1cnnn1C. The van der Waals surface area contributed by atoms with Crippen molar-refractivity contribution in [2.24, 2.45) is 7.05 Å². The normalized spacial score (nSPS) is 15.2. The van der Waals surface area contributed by atoms with Gasteiger partial charge in [-0.25, -0.2) is 14.6 Å². The van der Waals surface area contributed by atoms with Gasteiger partial charge in [-0.1, -0.05) is 5.21 Å². The van der Waals surface area contributed by atoms with E-state index in [0.717, 1.165) is 35.6 Å². The van der Waals surface area contributed by atoms with E-state index < -0.39 is 0 Å². The average Bonchev–Trinajstić information content (AvgIpc) is 3.06. The Bertz CT molecular complexity index is 569. The molecule has 0 unspecified atom stereocenters. The number of anilines is 1. The van der Waals surface area contributed by atoms with Crippen molar-refractivity contribution in [2.45, 2.75) is 25.7 Å². The number of rotatable bonds is 2. The van der Waals surface area contributed by atoms with E-state index in [1.165, 1.54) is 0 Å². The molecule has 0 atom stereocenters. The number of hydrogen-bond acceptors (Lipinski definition) is 5. The Morgan fingerprint density at radius 1 is 1.35 bits per heavy atom. The standard InChI is InChI=1S/C11H14N6/c1-6-9(8-5-13-16-17(8)2)14-11(7-3-4-7)15-10(6)12/h5,7H,3-4H2,1-2H3,(H2,12,14,15). The Labute approximate surface area is 98.9 Å². The van der Waals surface area contributed by atoms with Crippen LogP contribution in [0.25, 0.3) is 11.4 Å². The first kappa shape index (κ1) is 10.2. The van der Waals surface area contributed by atoms with Crippen LogP contribution in [0, 0.1) is 6.92 Å². The summed E-state index contributed by atoms with van der Waals surface area (Å²) in [7, 11) is 1.84. The lowest BCUT2D eigenvalue weighted by Crippen LogP contribution is -2.06. The van der Waals surface area contributed by atoms with E-state index >= 15 is 0 Å². The van der Waals surface area contributed by atoms with Crippen molar-refractivity contribution >= 4 is 5.82 Å². The molecule has 6 nitrogen and oxygen atoms in total. The summed E-state index contributed by atoms with van der Waals surface area (Å²) in [6.07, 6.45) is 4.02. The van der Waals surface area contributed by atoms with Crippen LogP contribution in [0.2, 0.25) is 0 Å². The zero-order valence-electron chi connectivity index (χ0n) is 9.88. The largest absolute Gasteiger partial charge is 0.383 e. The van der Waals surface area contributed by atoms with Crippen LogP contribution in [-0.2, 0) is 7.05 Å². The van der Waals surface area contributed by atoms with Gasteiger partial charge in [0.05, 0.1) is 11.9 Å². The summed E-state index contributed by atoms with van der Waals surface area (Å²) >= 11 is 0. The minimum atomic E-state index is 0.484. The zero-order valence-corrected chi connectivity index (χ0v) is 9.88. The summed E-state index contributed by atoms with van der Waals surface area (Å²) in [4.78, 5) is 8.96. The Hall–Kier alpha value is -1.98. The van der Waals surface area contributed by atoms with Crippen molar-refractivity contribution in [3.05, 3.63) is 17.6 Å². The van der Waals surface area contributed by atoms with Gasteiger partial charge < -0.3 is 5.73 Å². The van der Waals surface area contributed by atoms with E-state index in [2.05, 4.69) is 20.3 Å². The lowest BCUT2D eigenvalue weighted by molar-refractivity contribution is 0.718. The molecule has 0 aliphatic heterocycles. The summed E-state index contributed by atoms with van der Waals surface area (Å²) in [6, 6.07) is 0. The third-order valence-electron chi connectivity index (χ3n) is 3.10. The van der Waals surface area contributed by atoms with Crippen LogP contribution in [0.4, 0.5) is 5.82 Å². The maximum absolute atomic E-state index is 5.94. The molecular weight excluding hydrogens is 216 g/mol. The topological polar surface area (TPSA) is 82.5 Å². The summed E-state index contributed by atoms with van der Waals surface area (Å²) in [5, 5.41) is 7.79. The third kappa shape index (κ3) is 1.65. The van der Waals surface area contributed by atoms with Gasteiger partial charge >= 0.3 is 0 Å². The molecule has 0 bridgehead atoms. The fourth-order valence-electron chi connectivity index (χ4n) is 1.83. The molecule has 17 heavy (non-hydrogen) atoms. The predicted octanol–water partition coefficient (Wildman–Crippen LogP) is 1.04. The Kier molecular flexibility index (Phi) is 2.10. The van der Waals surface area contributed by atoms with Crippen LogP contribution in [0.15, 0.2) is 6.20 Å². The molecule has 0 spiro atoms. The molecule has 2 heterocycles. The van der Waals surface area contributed by atoms with Crippen molar-refractivity contribution < 1.29 is 0 Å². The quantitative estimate of drug-likeness (QED) is 0.833. The Balaban J connectivity index is 2.17. The molecule has 1 aliphatic rings. The second kappa shape index (κ2) is 3.51. The molecular formula is C11H14N6. The fraction of sp³-hybridized carbons (Fsp3) is 0.455. The van der Waals surface area contributed by atoms with Crippen LogP contribution in [-0.4, -0.2) is 25.0 Å². The summed E-state index contributed by atoms with van der Waals surface area (Å²) in [5.74, 6) is 1.89. The van der Waals surface area contributed by atoms with Gasteiger partial charge in [0.25, 0.3) is 0 Å². The van der Waals surface area contributed by atoms with Crippen molar-refractivity contribution in [1.29, 1.82) is 0 Å². The van der Waals surface area contributed by atoms with E-state index in [1.54, 1.807) is 10.9 Å². The zero-order chi connectivity index (χ0) is 12.0. The molecule has 1 fully saturated rings. The number of nitrogen functional groups attached to an aromatic ring is 1. The molecule has 1 aliphatic carbocycles. The van der Waals surface area contributed by atoms with Gasteiger partial charge in [-0.05, 0) is 19.8 Å². The van der Waals surface area contributed by atoms with Crippen LogP contribution in [0.3, 0.4) is 0 Å². The molecule has 0 amide bonds. The summed E-state index contributed by atoms with van der Waals surface area (Å²) in [6.45, 7) is 1.92. The number of hydrogen-bond donors (Lipinski definition) is 1. The maximum Gasteiger partial charge on any atom is 0.134 e. The first-order valence-electron chi connectivity index (χ1n) is 5.66. The Morgan fingerprint density at radius 3 is 2.71 bits per heavy atom. The fourth-order valence-corrected chi connectivity index (χ4v) is 1.83. The minimum absolute atomic E-state index is 0.484. The van der Waals surface area contributed by atoms with Crippen LogP contribution >= 0.6 is 0 Å². The Morgan fingerprint density at radius 2 is 2.12 bits per heavy atom. The van der Waals surface area contributed by atoms with E-state index in [4.69, 9.17) is 5.73 Å². The predicted molar refractivity (Wildman–Crippen MR) is 63.2 cm³/mol. The van der Waals surface area contributed by atoms with Crippen molar-refractivity contribution in [2.75, 3.05) is 5.73 Å². The second-order valence-corrected chi connectivity index (χ2v) is 4.46. The molecule has 0 aromatic carbocycles. The highest BCUT2D eigenvalue weighted by atomic mass is 15.4. The minimum Gasteiger partial charge on any atom is -0.383 e. The molecule has 2 N–H and O–H groups in total. The van der Waals surface area contributed by atoms with E-state index in [1.807, 2.05) is 14.0 Å². The third-order valence-corrected chi connectivity index (χ3v) is 3.10. The molecule has 0 radical (unpaired) electrons. The summed E-state index contributed by atoms with van der Waals surface area (Å²) < 4.78 is 1.70. The number of aromatic nitrogens is 5. The molecule has 3 rings (SSSR count). The lowest BCUT2D eigenvalue weighted by Gasteiger charge is -2.09. The van der Waals surface area contributed by atoms with Crippen molar-refractivity contribution in [3.63, 3.8) is 0 Å². The molecule has 1 saturated carbocycles. The highest BCUT2D eigenvalue weighted by molar-refractivity contribution is 5.63. The van der Waals surface area contributed by atoms with Gasteiger partial charge in [0, 0.05) is 18.5 Å². The van der Waals surface area contributed by atoms with Crippen LogP contribution < -0.4 is 5.73 Å². The van der Waals surface area contributed by atoms with Crippen LogP contribution in [0.1, 0.15) is 30.1 Å². The molecule has 0 saturated heterocycles. The van der Waals surface area contributed by atoms with Gasteiger partial charge in [0.1, 0.15) is 17.3 Å². The highest BCUT2D eigenvalue weighted by Crippen LogP contribution is 2.39. The van der Waals surface area contributed by atoms with Gasteiger partial charge in [0.2, 0.25) is 0 Å². The monoisotopic (exact) mass is 230 g/mol. The van der Waals surface area contributed by atoms with Gasteiger partial charge in [-0.15, -0.1) is 5.10 Å². The first-order chi connectivity index (χ1) is 8.16. The molecule has 88 valence electrons. The van der Waals surface area contributed by atoms with E-state index in [9.17, 15) is 0 Å². The number of aryl methyl sites for hydroxylation is 1. The maximum atomic E-state index is 5.94. The first-order valence-corrected chi connectivity index (χ1v) is 5.66. The smallest absolute Gasteiger partial charge is 0.134 e.